The summed E-state index contributed by atoms with van der Waals surface area (Å²) in [6, 6.07) is 6.47. The first-order valence-electron chi connectivity index (χ1n) is 9.84. The summed E-state index contributed by atoms with van der Waals surface area (Å²) in [5.74, 6) is 0.112. The first-order valence-corrected chi connectivity index (χ1v) is 10.8. The Labute approximate surface area is 174 Å². The normalized spacial score (nSPS) is 13.4. The molecule has 3 rings (SSSR count). The van der Waals surface area contributed by atoms with Crippen LogP contribution in [0.5, 0.6) is 0 Å². The number of carbonyl (C=O) groups is 1. The third kappa shape index (κ3) is 4.58. The minimum absolute atomic E-state index is 0.108. The number of thioether (sulfide) groups is 1. The van der Waals surface area contributed by atoms with Gasteiger partial charge in [-0.15, -0.1) is 0 Å². The molecule has 0 N–H and O–H groups in total. The quantitative estimate of drug-likeness (QED) is 0.401. The summed E-state index contributed by atoms with van der Waals surface area (Å²) in [6.07, 6.45) is 5.00. The van der Waals surface area contributed by atoms with Crippen molar-refractivity contribution in [2.24, 2.45) is 0 Å². The number of amides is 1. The molecule has 2 atom stereocenters. The van der Waals surface area contributed by atoms with E-state index in [0.29, 0.717) is 22.1 Å². The highest BCUT2D eigenvalue weighted by Gasteiger charge is 2.24. The Morgan fingerprint density at radius 3 is 2.41 bits per heavy atom. The molecule has 0 aliphatic carbocycles. The molecule has 0 saturated heterocycles. The van der Waals surface area contributed by atoms with E-state index in [0.717, 1.165) is 18.2 Å². The van der Waals surface area contributed by atoms with Crippen molar-refractivity contribution in [3.8, 4) is 5.69 Å². The zero-order valence-corrected chi connectivity index (χ0v) is 18.0. The molecule has 2 aromatic heterocycles. The van der Waals surface area contributed by atoms with E-state index in [1.54, 1.807) is 23.0 Å². The summed E-state index contributed by atoms with van der Waals surface area (Å²) in [7, 11) is 0. The number of rotatable bonds is 8. The fourth-order valence-corrected chi connectivity index (χ4v) is 4.06. The fourth-order valence-electron chi connectivity index (χ4n) is 3.23. The summed E-state index contributed by atoms with van der Waals surface area (Å²) < 4.78 is 14.9. The van der Waals surface area contributed by atoms with E-state index in [4.69, 9.17) is 0 Å². The lowest BCUT2D eigenvalue weighted by Gasteiger charge is -2.34. The summed E-state index contributed by atoms with van der Waals surface area (Å²) in [5, 5.41) is 5.87. The van der Waals surface area contributed by atoms with Gasteiger partial charge in [0, 0.05) is 12.1 Å². The molecule has 0 spiro atoms. The van der Waals surface area contributed by atoms with Crippen molar-refractivity contribution in [1.29, 1.82) is 0 Å². The second kappa shape index (κ2) is 9.35. The smallest absolute Gasteiger partial charge is 0.233 e. The van der Waals surface area contributed by atoms with Gasteiger partial charge < -0.3 is 4.90 Å². The van der Waals surface area contributed by atoms with E-state index >= 15 is 0 Å². The minimum Gasteiger partial charge on any atom is -0.337 e. The van der Waals surface area contributed by atoms with Crippen LogP contribution in [-0.2, 0) is 4.79 Å². The Hall–Kier alpha value is -2.48. The number of carbonyl (C=O) groups excluding carboxylic acids is 1. The molecule has 2 heterocycles. The highest BCUT2D eigenvalue weighted by molar-refractivity contribution is 8.00. The van der Waals surface area contributed by atoms with Gasteiger partial charge in [-0.1, -0.05) is 25.6 Å². The van der Waals surface area contributed by atoms with Crippen molar-refractivity contribution in [2.45, 2.75) is 57.6 Å². The molecule has 8 heteroatoms. The Bertz CT molecular complexity index is 965. The Balaban J connectivity index is 1.82. The Kier molecular flexibility index (Phi) is 6.84. The summed E-state index contributed by atoms with van der Waals surface area (Å²) in [6.45, 7) is 8.37. The number of aromatic nitrogens is 4. The van der Waals surface area contributed by atoms with Gasteiger partial charge in [-0.05, 0) is 51.0 Å². The monoisotopic (exact) mass is 415 g/mol. The van der Waals surface area contributed by atoms with Crippen molar-refractivity contribution >= 4 is 28.7 Å². The molecule has 0 bridgehead atoms. The number of hydrogen-bond acceptors (Lipinski definition) is 5. The van der Waals surface area contributed by atoms with Crippen molar-refractivity contribution in [3.05, 3.63) is 42.6 Å². The van der Waals surface area contributed by atoms with Crippen molar-refractivity contribution in [1.82, 2.24) is 24.6 Å². The number of hydrogen-bond donors (Lipinski definition) is 0. The largest absolute Gasteiger partial charge is 0.337 e. The number of benzene rings is 1. The summed E-state index contributed by atoms with van der Waals surface area (Å²) in [4.78, 5) is 23.6. The lowest BCUT2D eigenvalue weighted by atomic mass is 10.1. The molecule has 0 fully saturated rings. The molecular formula is C21H26FN5OS. The molecule has 0 aliphatic rings. The molecule has 1 amide bonds. The first kappa shape index (κ1) is 21.2. The van der Waals surface area contributed by atoms with Gasteiger partial charge in [0.2, 0.25) is 5.91 Å². The number of nitrogens with zero attached hydrogens (tertiary/aromatic N) is 5. The van der Waals surface area contributed by atoms with Crippen LogP contribution >= 0.6 is 11.8 Å². The number of fused-ring (bicyclic) bond motifs is 1. The van der Waals surface area contributed by atoms with Gasteiger partial charge >= 0.3 is 0 Å². The van der Waals surface area contributed by atoms with Crippen LogP contribution in [0.3, 0.4) is 0 Å². The second-order valence-electron chi connectivity index (χ2n) is 7.05. The Morgan fingerprint density at radius 2 is 1.79 bits per heavy atom. The van der Waals surface area contributed by atoms with Crippen LogP contribution in [0, 0.1) is 5.82 Å². The molecule has 0 unspecified atom stereocenters. The van der Waals surface area contributed by atoms with E-state index in [9.17, 15) is 9.18 Å². The minimum atomic E-state index is -0.304. The zero-order valence-electron chi connectivity index (χ0n) is 17.2. The summed E-state index contributed by atoms with van der Waals surface area (Å²) in [5.41, 5.74) is 1.34. The predicted molar refractivity (Wildman–Crippen MR) is 114 cm³/mol. The van der Waals surface area contributed by atoms with Crippen LogP contribution in [-0.4, -0.2) is 48.4 Å². The van der Waals surface area contributed by atoms with E-state index in [1.807, 2.05) is 4.90 Å². The first-order chi connectivity index (χ1) is 14.0. The third-order valence-corrected chi connectivity index (χ3v) is 6.14. The van der Waals surface area contributed by atoms with Crippen molar-refractivity contribution in [3.63, 3.8) is 0 Å². The van der Waals surface area contributed by atoms with Gasteiger partial charge in [-0.3, -0.25) is 4.79 Å². The third-order valence-electron chi connectivity index (χ3n) is 5.15. The Morgan fingerprint density at radius 1 is 1.14 bits per heavy atom. The van der Waals surface area contributed by atoms with Crippen LogP contribution < -0.4 is 0 Å². The van der Waals surface area contributed by atoms with Gasteiger partial charge in [-0.25, -0.2) is 19.0 Å². The van der Waals surface area contributed by atoms with Gasteiger partial charge in [0.15, 0.2) is 5.65 Å². The summed E-state index contributed by atoms with van der Waals surface area (Å²) >= 11 is 1.40. The molecule has 6 nitrogen and oxygen atoms in total. The van der Waals surface area contributed by atoms with Crippen LogP contribution in [0.4, 0.5) is 4.39 Å². The van der Waals surface area contributed by atoms with Crippen LogP contribution in [0.1, 0.15) is 40.5 Å². The molecule has 0 radical (unpaired) electrons. The topological polar surface area (TPSA) is 63.9 Å². The maximum absolute atomic E-state index is 13.2. The lowest BCUT2D eigenvalue weighted by Crippen LogP contribution is -2.45. The SMILES string of the molecule is CC[C@@H](C)N(C(=O)CSc1ncnc2c1cnn2-c1ccc(F)cc1)[C@H](C)CC. The molecule has 154 valence electrons. The van der Waals surface area contributed by atoms with Crippen LogP contribution in [0.2, 0.25) is 0 Å². The van der Waals surface area contributed by atoms with E-state index in [-0.39, 0.29) is 23.8 Å². The van der Waals surface area contributed by atoms with Crippen LogP contribution in [0.25, 0.3) is 16.7 Å². The standard InChI is InChI=1S/C21H26FN5OS/c1-5-14(3)26(15(4)6-2)19(28)12-29-21-18-11-25-27(20(18)23-13-24-21)17-9-7-16(22)8-10-17/h7-11,13-15H,5-6,12H2,1-4H3/t14-,15-/m1/s1. The zero-order chi connectivity index (χ0) is 21.0. The van der Waals surface area contributed by atoms with E-state index in [2.05, 4.69) is 42.8 Å². The molecule has 1 aromatic carbocycles. The van der Waals surface area contributed by atoms with Crippen molar-refractivity contribution in [2.75, 3.05) is 5.75 Å². The molecule has 29 heavy (non-hydrogen) atoms. The average Bonchev–Trinajstić information content (AvgIpc) is 3.17. The molecule has 3 aromatic rings. The molecule has 0 aliphatic heterocycles. The number of halogens is 1. The van der Waals surface area contributed by atoms with Gasteiger partial charge in [0.1, 0.15) is 17.2 Å². The van der Waals surface area contributed by atoms with Crippen LogP contribution in [0.15, 0.2) is 41.8 Å². The fraction of sp³-hybridized carbons (Fsp3) is 0.429. The molecular weight excluding hydrogens is 389 g/mol. The van der Waals surface area contributed by atoms with Gasteiger partial charge in [0.25, 0.3) is 0 Å². The van der Waals surface area contributed by atoms with Gasteiger partial charge in [-0.2, -0.15) is 5.10 Å². The predicted octanol–water partition coefficient (Wildman–Crippen LogP) is 4.47. The van der Waals surface area contributed by atoms with Gasteiger partial charge in [0.05, 0.1) is 23.0 Å². The molecule has 0 saturated carbocycles. The maximum Gasteiger partial charge on any atom is 0.233 e. The maximum atomic E-state index is 13.2. The van der Waals surface area contributed by atoms with Crippen molar-refractivity contribution < 1.29 is 9.18 Å². The van der Waals surface area contributed by atoms with E-state index < -0.39 is 0 Å². The average molecular weight is 416 g/mol. The highest BCUT2D eigenvalue weighted by atomic mass is 32.2. The highest BCUT2D eigenvalue weighted by Crippen LogP contribution is 2.27. The second-order valence-corrected chi connectivity index (χ2v) is 8.02. The lowest BCUT2D eigenvalue weighted by molar-refractivity contribution is -0.132. The van der Waals surface area contributed by atoms with E-state index in [1.165, 1.54) is 30.2 Å².